The first-order valence-corrected chi connectivity index (χ1v) is 10.3. The summed E-state index contributed by atoms with van der Waals surface area (Å²) in [4.78, 5) is 0.257. The van der Waals surface area contributed by atoms with E-state index in [4.69, 9.17) is 4.74 Å². The second-order valence-corrected chi connectivity index (χ2v) is 13.0. The number of benzene rings is 1. The van der Waals surface area contributed by atoms with E-state index in [1.165, 1.54) is 19.3 Å². The van der Waals surface area contributed by atoms with Crippen LogP contribution in [0.2, 0.25) is 13.1 Å². The Morgan fingerprint density at radius 3 is 2.44 bits per heavy atom. The lowest BCUT2D eigenvalue weighted by molar-refractivity contribution is 0.0314. The van der Waals surface area contributed by atoms with E-state index >= 15 is 0 Å². The molecule has 1 aromatic rings. The van der Waals surface area contributed by atoms with Gasteiger partial charge in [-0.3, -0.25) is 0 Å². The Morgan fingerprint density at radius 2 is 1.88 bits per heavy atom. The van der Waals surface area contributed by atoms with E-state index in [0.717, 1.165) is 16.8 Å². The van der Waals surface area contributed by atoms with Crippen molar-refractivity contribution in [3.8, 4) is 0 Å². The minimum atomic E-state index is -1.46. The molecule has 0 saturated carbocycles. The monoisotopic (exact) mass is 250 g/mol. The summed E-state index contributed by atoms with van der Waals surface area (Å²) in [5.41, 5.74) is 0. The fraction of sp³-hybridized carbons (Fsp3) is 0.538. The third-order valence-electron chi connectivity index (χ3n) is 4.29. The van der Waals surface area contributed by atoms with Crippen molar-refractivity contribution in [3.05, 3.63) is 30.3 Å². The summed E-state index contributed by atoms with van der Waals surface area (Å²) < 4.78 is 6.21. The van der Waals surface area contributed by atoms with Crippen LogP contribution in [-0.4, -0.2) is 29.8 Å². The van der Waals surface area contributed by atoms with Gasteiger partial charge in [-0.2, -0.15) is 0 Å². The molecule has 0 radical (unpaired) electrons. The molecular weight excluding hydrogens is 228 g/mol. The fourth-order valence-corrected chi connectivity index (χ4v) is 6.91. The van der Waals surface area contributed by atoms with Crippen molar-refractivity contribution in [3.63, 3.8) is 0 Å². The lowest BCUT2D eigenvalue weighted by Gasteiger charge is -2.45. The molecule has 1 aliphatic rings. The van der Waals surface area contributed by atoms with Crippen molar-refractivity contribution >= 4 is 23.5 Å². The molecule has 88 valence electrons. The highest BCUT2D eigenvalue weighted by atomic mass is 28.4. The standard InChI is InChI=1S/C13H22OSi2/c1-16(2,12-8-4-3-5-9-12)13(15)10-6-7-11-14-13/h3-5,8-9H,6-7,10-11H2,1-2,15H3. The zero-order valence-electron chi connectivity index (χ0n) is 10.6. The van der Waals surface area contributed by atoms with Gasteiger partial charge in [-0.15, -0.1) is 0 Å². The molecule has 2 rings (SSSR count). The topological polar surface area (TPSA) is 9.23 Å². The maximum absolute atomic E-state index is 6.21. The van der Waals surface area contributed by atoms with Gasteiger partial charge in [0, 0.05) is 21.7 Å². The maximum Gasteiger partial charge on any atom is 0.112 e. The highest BCUT2D eigenvalue weighted by molar-refractivity contribution is 6.96. The normalized spacial score (nSPS) is 26.9. The Balaban J connectivity index is 2.30. The van der Waals surface area contributed by atoms with Gasteiger partial charge < -0.3 is 4.74 Å². The van der Waals surface area contributed by atoms with Crippen LogP contribution in [0.3, 0.4) is 0 Å². The van der Waals surface area contributed by atoms with E-state index in [1.807, 2.05) is 0 Å². The Kier molecular flexibility index (Phi) is 3.38. The van der Waals surface area contributed by atoms with Gasteiger partial charge in [-0.25, -0.2) is 0 Å². The molecule has 1 fully saturated rings. The van der Waals surface area contributed by atoms with E-state index in [2.05, 4.69) is 43.4 Å². The highest BCUT2D eigenvalue weighted by Crippen LogP contribution is 2.30. The Morgan fingerprint density at radius 1 is 1.19 bits per heavy atom. The molecule has 0 aliphatic carbocycles. The average molecular weight is 250 g/mol. The Labute approximate surface area is 103 Å². The zero-order chi connectivity index (χ0) is 11.6. The molecule has 1 aromatic carbocycles. The van der Waals surface area contributed by atoms with Crippen LogP contribution in [0.1, 0.15) is 19.3 Å². The predicted octanol–water partition coefficient (Wildman–Crippen LogP) is 1.40. The molecule has 0 spiro atoms. The molecule has 0 aromatic heterocycles. The molecule has 16 heavy (non-hydrogen) atoms. The summed E-state index contributed by atoms with van der Waals surface area (Å²) in [5, 5.41) is 1.55. The summed E-state index contributed by atoms with van der Waals surface area (Å²) in [6.07, 6.45) is 3.89. The third kappa shape index (κ3) is 2.04. The van der Waals surface area contributed by atoms with E-state index in [-0.39, 0.29) is 4.85 Å². The largest absolute Gasteiger partial charge is 0.382 e. The number of hydrogen-bond donors (Lipinski definition) is 0. The molecular formula is C13H22OSi2. The third-order valence-corrected chi connectivity index (χ3v) is 13.6. The van der Waals surface area contributed by atoms with Crippen LogP contribution < -0.4 is 5.19 Å². The minimum absolute atomic E-state index is 0.257. The highest BCUT2D eigenvalue weighted by Gasteiger charge is 2.45. The number of ether oxygens (including phenoxy) is 1. The molecule has 0 bridgehead atoms. The summed E-state index contributed by atoms with van der Waals surface area (Å²) in [5.74, 6) is 0. The minimum Gasteiger partial charge on any atom is -0.382 e. The molecule has 0 amide bonds. The molecule has 1 aliphatic heterocycles. The van der Waals surface area contributed by atoms with Gasteiger partial charge in [0.2, 0.25) is 0 Å². The van der Waals surface area contributed by atoms with Crippen LogP contribution in [-0.2, 0) is 4.74 Å². The second-order valence-electron chi connectivity index (χ2n) is 5.53. The van der Waals surface area contributed by atoms with Gasteiger partial charge in [-0.05, 0) is 19.3 Å². The van der Waals surface area contributed by atoms with Crippen molar-refractivity contribution < 1.29 is 4.74 Å². The van der Waals surface area contributed by atoms with E-state index in [0.29, 0.717) is 0 Å². The quantitative estimate of drug-likeness (QED) is 0.721. The molecule has 1 atom stereocenters. The predicted molar refractivity (Wildman–Crippen MR) is 76.0 cm³/mol. The molecule has 1 saturated heterocycles. The SMILES string of the molecule is C[Si](C)(c1ccccc1)C1([SiH3])CCCCO1. The lowest BCUT2D eigenvalue weighted by Crippen LogP contribution is -2.65. The second kappa shape index (κ2) is 4.47. The van der Waals surface area contributed by atoms with Crippen molar-refractivity contribution in [2.75, 3.05) is 6.61 Å². The van der Waals surface area contributed by atoms with Gasteiger partial charge in [0.05, 0.1) is 0 Å². The average Bonchev–Trinajstić information content (AvgIpc) is 2.31. The Bertz CT molecular complexity index is 342. The molecule has 1 nitrogen and oxygen atoms in total. The number of hydrogen-bond acceptors (Lipinski definition) is 1. The van der Waals surface area contributed by atoms with Gasteiger partial charge in [0.1, 0.15) is 8.07 Å². The fourth-order valence-electron chi connectivity index (χ4n) is 2.59. The van der Waals surface area contributed by atoms with Crippen molar-refractivity contribution in [2.24, 2.45) is 0 Å². The van der Waals surface area contributed by atoms with Crippen LogP contribution in [0.4, 0.5) is 0 Å². The van der Waals surface area contributed by atoms with Crippen molar-refractivity contribution in [2.45, 2.75) is 37.2 Å². The Hall–Kier alpha value is -0.386. The van der Waals surface area contributed by atoms with Crippen LogP contribution in [0.15, 0.2) is 30.3 Å². The molecule has 1 unspecified atom stereocenters. The van der Waals surface area contributed by atoms with Crippen molar-refractivity contribution in [1.29, 1.82) is 0 Å². The van der Waals surface area contributed by atoms with E-state index in [9.17, 15) is 0 Å². The molecule has 1 heterocycles. The van der Waals surface area contributed by atoms with E-state index < -0.39 is 8.07 Å². The summed E-state index contributed by atoms with van der Waals surface area (Å²) in [6, 6.07) is 11.0. The molecule has 3 heteroatoms. The van der Waals surface area contributed by atoms with Gasteiger partial charge in [0.25, 0.3) is 0 Å². The van der Waals surface area contributed by atoms with Crippen molar-refractivity contribution in [1.82, 2.24) is 0 Å². The summed E-state index contributed by atoms with van der Waals surface area (Å²) in [6.45, 7) is 5.92. The number of rotatable bonds is 2. The van der Waals surface area contributed by atoms with Crippen LogP contribution in [0.25, 0.3) is 0 Å². The van der Waals surface area contributed by atoms with Crippen LogP contribution in [0, 0.1) is 0 Å². The smallest absolute Gasteiger partial charge is 0.112 e. The van der Waals surface area contributed by atoms with Gasteiger partial charge in [0.15, 0.2) is 0 Å². The van der Waals surface area contributed by atoms with Gasteiger partial charge >= 0.3 is 0 Å². The first-order valence-electron chi connectivity index (χ1n) is 6.26. The first-order chi connectivity index (χ1) is 7.56. The molecule has 0 N–H and O–H groups in total. The van der Waals surface area contributed by atoms with Crippen LogP contribution in [0.5, 0.6) is 0 Å². The summed E-state index contributed by atoms with van der Waals surface area (Å²) in [7, 11) is -0.301. The first kappa shape index (κ1) is 12.1. The van der Waals surface area contributed by atoms with Gasteiger partial charge in [-0.1, -0.05) is 48.6 Å². The maximum atomic E-state index is 6.21. The zero-order valence-corrected chi connectivity index (χ0v) is 13.6. The van der Waals surface area contributed by atoms with E-state index in [1.54, 1.807) is 5.19 Å². The lowest BCUT2D eigenvalue weighted by atomic mass is 10.2. The van der Waals surface area contributed by atoms with Crippen LogP contribution >= 0.6 is 0 Å². The summed E-state index contributed by atoms with van der Waals surface area (Å²) >= 11 is 0.